The van der Waals surface area contributed by atoms with E-state index in [4.69, 9.17) is 13.9 Å². The van der Waals surface area contributed by atoms with E-state index in [0.29, 0.717) is 34.4 Å². The first kappa shape index (κ1) is 26.1. The molecule has 2 rings (SSSR count). The Balaban J connectivity index is 2.44. The molecule has 0 fully saturated rings. The fraction of sp³-hybridized carbons (Fsp3) is 0.519. The molecule has 0 aliphatic rings. The molecular formula is C27H40O4Si. The third-order valence-corrected chi connectivity index (χ3v) is 12.6. The van der Waals surface area contributed by atoms with Crippen molar-refractivity contribution in [2.75, 3.05) is 13.9 Å². The van der Waals surface area contributed by atoms with Gasteiger partial charge in [0.1, 0.15) is 11.5 Å². The Kier molecular flexibility index (Phi) is 9.11. The van der Waals surface area contributed by atoms with Crippen molar-refractivity contribution in [3.05, 3.63) is 58.1 Å². The minimum absolute atomic E-state index is 0.106. The Morgan fingerprint density at radius 2 is 1.50 bits per heavy atom. The quantitative estimate of drug-likeness (QED) is 0.203. The molecule has 0 unspecified atom stereocenters. The summed E-state index contributed by atoms with van der Waals surface area (Å²) in [5.74, 6) is 1.57. The van der Waals surface area contributed by atoms with Gasteiger partial charge in [0.2, 0.25) is 0 Å². The highest BCUT2D eigenvalue weighted by atomic mass is 28.4. The lowest BCUT2D eigenvalue weighted by Crippen LogP contribution is -2.50. The summed E-state index contributed by atoms with van der Waals surface area (Å²) in [6, 6.07) is 10.0. The summed E-state index contributed by atoms with van der Waals surface area (Å²) in [7, 11) is -0.440. The maximum atomic E-state index is 11.5. The molecule has 2 aromatic carbocycles. The van der Waals surface area contributed by atoms with Crippen molar-refractivity contribution in [2.24, 2.45) is 0 Å². The number of benzene rings is 2. The minimum Gasteiger partial charge on any atom is -0.543 e. The molecule has 0 spiro atoms. The molecule has 0 saturated heterocycles. The Labute approximate surface area is 195 Å². The fourth-order valence-electron chi connectivity index (χ4n) is 5.17. The number of aryl methyl sites for hydroxylation is 2. The molecular weight excluding hydrogens is 416 g/mol. The predicted molar refractivity (Wildman–Crippen MR) is 135 cm³/mol. The lowest BCUT2D eigenvalue weighted by molar-refractivity contribution is 0.0499. The van der Waals surface area contributed by atoms with E-state index in [0.717, 1.165) is 17.6 Å². The molecule has 0 saturated carbocycles. The van der Waals surface area contributed by atoms with Gasteiger partial charge < -0.3 is 13.9 Å². The lowest BCUT2D eigenvalue weighted by Gasteiger charge is -2.42. The standard InChI is InChI=1S/C27H40O4Si/c1-18(2)32(19(3)4,20(5)6)31-25-13-21(7)26(22(8)14-25)15-23-11-10-12-24(16-28)27(23)30-17-29-9/h10-14,16,18-20H,15,17H2,1-9H3. The molecule has 5 heteroatoms. The van der Waals surface area contributed by atoms with Crippen molar-refractivity contribution >= 4 is 14.6 Å². The first-order chi connectivity index (χ1) is 15.1. The van der Waals surface area contributed by atoms with Crippen LogP contribution in [0.2, 0.25) is 16.6 Å². The van der Waals surface area contributed by atoms with Crippen molar-refractivity contribution in [2.45, 2.75) is 78.4 Å². The third kappa shape index (κ3) is 5.44. The van der Waals surface area contributed by atoms with E-state index in [1.165, 1.54) is 16.7 Å². The van der Waals surface area contributed by atoms with E-state index < -0.39 is 8.32 Å². The smallest absolute Gasteiger partial charge is 0.258 e. The van der Waals surface area contributed by atoms with Crippen molar-refractivity contribution in [1.82, 2.24) is 0 Å². The van der Waals surface area contributed by atoms with Gasteiger partial charge in [-0.2, -0.15) is 0 Å². The van der Waals surface area contributed by atoms with Gasteiger partial charge in [-0.3, -0.25) is 4.79 Å². The Bertz CT molecular complexity index is 873. The molecule has 32 heavy (non-hydrogen) atoms. The van der Waals surface area contributed by atoms with E-state index in [1.54, 1.807) is 13.2 Å². The SMILES string of the molecule is COCOc1c(C=O)cccc1Cc1c(C)cc(O[Si](C(C)C)(C(C)C)C(C)C)cc1C. The first-order valence-electron chi connectivity index (χ1n) is 11.6. The Hall–Kier alpha value is -2.11. The molecule has 0 N–H and O–H groups in total. The number of rotatable bonds is 11. The predicted octanol–water partition coefficient (Wildman–Crippen LogP) is 7.24. The highest BCUT2D eigenvalue weighted by Gasteiger charge is 2.47. The van der Waals surface area contributed by atoms with E-state index in [2.05, 4.69) is 67.5 Å². The van der Waals surface area contributed by atoms with E-state index in [-0.39, 0.29) is 6.79 Å². The fourth-order valence-corrected chi connectivity index (χ4v) is 10.4. The maximum Gasteiger partial charge on any atom is 0.258 e. The number of hydrogen-bond acceptors (Lipinski definition) is 4. The largest absolute Gasteiger partial charge is 0.543 e. The zero-order chi connectivity index (χ0) is 24.1. The zero-order valence-electron chi connectivity index (χ0n) is 21.2. The number of aldehydes is 1. The van der Waals surface area contributed by atoms with Crippen LogP contribution in [0.5, 0.6) is 11.5 Å². The normalized spacial score (nSPS) is 12.0. The summed E-state index contributed by atoms with van der Waals surface area (Å²) in [4.78, 5) is 11.5. The van der Waals surface area contributed by atoms with Crippen molar-refractivity contribution in [1.29, 1.82) is 0 Å². The Morgan fingerprint density at radius 1 is 0.938 bits per heavy atom. The highest BCUT2D eigenvalue weighted by Crippen LogP contribution is 2.43. The summed E-state index contributed by atoms with van der Waals surface area (Å²) in [5.41, 5.74) is 6.69. The van der Waals surface area contributed by atoms with Gasteiger partial charge in [-0.15, -0.1) is 0 Å². The van der Waals surface area contributed by atoms with Crippen LogP contribution in [0.25, 0.3) is 0 Å². The molecule has 0 amide bonds. The van der Waals surface area contributed by atoms with Crippen LogP contribution in [0, 0.1) is 13.8 Å². The van der Waals surface area contributed by atoms with E-state index in [9.17, 15) is 4.79 Å². The molecule has 0 bridgehead atoms. The molecule has 0 aromatic heterocycles. The lowest BCUT2D eigenvalue weighted by atomic mass is 9.94. The van der Waals surface area contributed by atoms with Gasteiger partial charge in [0.15, 0.2) is 13.1 Å². The molecule has 0 heterocycles. The van der Waals surface area contributed by atoms with Crippen molar-refractivity contribution in [3.63, 3.8) is 0 Å². The van der Waals surface area contributed by atoms with Crippen LogP contribution in [-0.2, 0) is 11.2 Å². The average Bonchev–Trinajstić information content (AvgIpc) is 2.72. The molecule has 4 nitrogen and oxygen atoms in total. The average molecular weight is 457 g/mol. The van der Waals surface area contributed by atoms with Crippen molar-refractivity contribution in [3.8, 4) is 11.5 Å². The molecule has 2 aromatic rings. The van der Waals surface area contributed by atoms with Crippen LogP contribution in [0.3, 0.4) is 0 Å². The van der Waals surface area contributed by atoms with Crippen LogP contribution in [0.1, 0.15) is 74.2 Å². The molecule has 0 atom stereocenters. The van der Waals surface area contributed by atoms with Crippen LogP contribution in [-0.4, -0.2) is 28.5 Å². The number of carbonyl (C=O) groups excluding carboxylic acids is 1. The number of methoxy groups -OCH3 is 1. The first-order valence-corrected chi connectivity index (χ1v) is 13.7. The van der Waals surface area contributed by atoms with Gasteiger partial charge in [0, 0.05) is 13.5 Å². The monoisotopic (exact) mass is 456 g/mol. The van der Waals surface area contributed by atoms with Crippen LogP contribution >= 0.6 is 0 Å². The summed E-state index contributed by atoms with van der Waals surface area (Å²) in [6.45, 7) is 18.2. The van der Waals surface area contributed by atoms with Crippen LogP contribution < -0.4 is 9.16 Å². The van der Waals surface area contributed by atoms with E-state index in [1.807, 2.05) is 12.1 Å². The summed E-state index contributed by atoms with van der Waals surface area (Å²) >= 11 is 0. The topological polar surface area (TPSA) is 44.8 Å². The van der Waals surface area contributed by atoms with Gasteiger partial charge in [-0.25, -0.2) is 0 Å². The second kappa shape index (κ2) is 11.1. The summed E-state index contributed by atoms with van der Waals surface area (Å²) in [5, 5.41) is 0. The maximum absolute atomic E-state index is 11.5. The number of carbonyl (C=O) groups is 1. The van der Waals surface area contributed by atoms with Crippen LogP contribution in [0.15, 0.2) is 30.3 Å². The molecule has 0 aliphatic heterocycles. The van der Waals surface area contributed by atoms with Gasteiger partial charge >= 0.3 is 0 Å². The molecule has 0 aliphatic carbocycles. The highest BCUT2D eigenvalue weighted by molar-refractivity contribution is 6.78. The molecule has 176 valence electrons. The number of para-hydroxylation sites is 1. The summed E-state index contributed by atoms with van der Waals surface area (Å²) < 4.78 is 17.7. The van der Waals surface area contributed by atoms with Gasteiger partial charge in [-0.05, 0) is 70.9 Å². The van der Waals surface area contributed by atoms with Gasteiger partial charge in [0.05, 0.1) is 5.56 Å². The number of ether oxygens (including phenoxy) is 2. The second-order valence-electron chi connectivity index (χ2n) is 9.64. The third-order valence-electron chi connectivity index (χ3n) is 6.61. The van der Waals surface area contributed by atoms with Crippen molar-refractivity contribution < 1.29 is 18.7 Å². The number of hydrogen-bond donors (Lipinski definition) is 0. The molecule has 0 radical (unpaired) electrons. The van der Waals surface area contributed by atoms with Gasteiger partial charge in [-0.1, -0.05) is 53.7 Å². The van der Waals surface area contributed by atoms with E-state index >= 15 is 0 Å². The Morgan fingerprint density at radius 3 is 1.97 bits per heavy atom. The minimum atomic E-state index is -2.01. The van der Waals surface area contributed by atoms with Gasteiger partial charge in [0.25, 0.3) is 8.32 Å². The summed E-state index contributed by atoms with van der Waals surface area (Å²) in [6.07, 6.45) is 1.51. The van der Waals surface area contributed by atoms with Crippen LogP contribution in [0.4, 0.5) is 0 Å². The zero-order valence-corrected chi connectivity index (χ0v) is 22.2. The second-order valence-corrected chi connectivity index (χ2v) is 15.0.